The van der Waals surface area contributed by atoms with Crippen LogP contribution in [0.1, 0.15) is 30.7 Å². The monoisotopic (exact) mass is 298 g/mol. The molecule has 102 valence electrons. The first-order valence-corrected chi connectivity index (χ1v) is 6.99. The molecule has 1 heterocycles. The SMILES string of the molecule is CCCn1cncc1C(O)Cc1ccc(Cl)c(Cl)c1. The molecule has 2 aromatic rings. The highest BCUT2D eigenvalue weighted by atomic mass is 35.5. The fourth-order valence-electron chi connectivity index (χ4n) is 2.03. The van der Waals surface area contributed by atoms with Gasteiger partial charge in [0.25, 0.3) is 0 Å². The molecule has 0 aliphatic carbocycles. The molecule has 1 atom stereocenters. The predicted octanol–water partition coefficient (Wildman–Crippen LogP) is 3.88. The van der Waals surface area contributed by atoms with Gasteiger partial charge in [-0.2, -0.15) is 0 Å². The number of aliphatic hydroxyl groups is 1. The number of aromatic nitrogens is 2. The molecule has 0 saturated carbocycles. The highest BCUT2D eigenvalue weighted by Gasteiger charge is 2.14. The number of rotatable bonds is 5. The van der Waals surface area contributed by atoms with Gasteiger partial charge in [-0.15, -0.1) is 0 Å². The van der Waals surface area contributed by atoms with E-state index in [4.69, 9.17) is 23.2 Å². The lowest BCUT2D eigenvalue weighted by atomic mass is 10.1. The van der Waals surface area contributed by atoms with Gasteiger partial charge in [0.15, 0.2) is 0 Å². The van der Waals surface area contributed by atoms with Crippen LogP contribution in [0.25, 0.3) is 0 Å². The van der Waals surface area contributed by atoms with Crippen molar-refractivity contribution in [3.05, 3.63) is 52.0 Å². The van der Waals surface area contributed by atoms with Crippen molar-refractivity contribution in [3.8, 4) is 0 Å². The fourth-order valence-corrected chi connectivity index (χ4v) is 2.35. The molecule has 19 heavy (non-hydrogen) atoms. The molecule has 1 N–H and O–H groups in total. The average Bonchev–Trinajstić information content (AvgIpc) is 2.83. The van der Waals surface area contributed by atoms with Crippen LogP contribution >= 0.6 is 23.2 Å². The minimum absolute atomic E-state index is 0.492. The van der Waals surface area contributed by atoms with Gasteiger partial charge in [-0.3, -0.25) is 0 Å². The molecular formula is C14H16Cl2N2O. The Hall–Kier alpha value is -1.03. The molecule has 1 aromatic carbocycles. The normalized spacial score (nSPS) is 12.6. The maximum Gasteiger partial charge on any atom is 0.0996 e. The Morgan fingerprint density at radius 3 is 2.79 bits per heavy atom. The Morgan fingerprint density at radius 1 is 1.32 bits per heavy atom. The van der Waals surface area contributed by atoms with Crippen LogP contribution in [-0.4, -0.2) is 14.7 Å². The van der Waals surface area contributed by atoms with Crippen molar-refractivity contribution in [2.24, 2.45) is 0 Å². The van der Waals surface area contributed by atoms with Crippen molar-refractivity contribution in [2.45, 2.75) is 32.4 Å². The minimum Gasteiger partial charge on any atom is -0.386 e. The summed E-state index contributed by atoms with van der Waals surface area (Å²) in [6.45, 7) is 2.95. The molecule has 0 fully saturated rings. The summed E-state index contributed by atoms with van der Waals surface area (Å²) in [7, 11) is 0. The van der Waals surface area contributed by atoms with E-state index in [0.29, 0.717) is 16.5 Å². The van der Waals surface area contributed by atoms with Crippen molar-refractivity contribution in [1.82, 2.24) is 9.55 Å². The summed E-state index contributed by atoms with van der Waals surface area (Å²) in [5.74, 6) is 0. The van der Waals surface area contributed by atoms with E-state index in [1.807, 2.05) is 10.6 Å². The van der Waals surface area contributed by atoms with Crippen LogP contribution in [0.4, 0.5) is 0 Å². The Morgan fingerprint density at radius 2 is 2.11 bits per heavy atom. The number of hydrogen-bond acceptors (Lipinski definition) is 2. The average molecular weight is 299 g/mol. The Labute approximate surface area is 122 Å². The molecule has 2 rings (SSSR count). The highest BCUT2D eigenvalue weighted by molar-refractivity contribution is 6.42. The van der Waals surface area contributed by atoms with Crippen LogP contribution in [0.3, 0.4) is 0 Å². The van der Waals surface area contributed by atoms with Gasteiger partial charge in [-0.1, -0.05) is 36.2 Å². The van der Waals surface area contributed by atoms with Crippen molar-refractivity contribution in [2.75, 3.05) is 0 Å². The van der Waals surface area contributed by atoms with E-state index >= 15 is 0 Å². The van der Waals surface area contributed by atoms with Crippen molar-refractivity contribution < 1.29 is 5.11 Å². The zero-order valence-electron chi connectivity index (χ0n) is 10.7. The molecule has 0 radical (unpaired) electrons. The Kier molecular flexibility index (Phi) is 4.86. The Balaban J connectivity index is 2.13. The first-order valence-electron chi connectivity index (χ1n) is 6.23. The molecule has 0 amide bonds. The van der Waals surface area contributed by atoms with Crippen LogP contribution in [0.2, 0.25) is 10.0 Å². The smallest absolute Gasteiger partial charge is 0.0996 e. The summed E-state index contributed by atoms with van der Waals surface area (Å²) in [5.41, 5.74) is 1.78. The van der Waals surface area contributed by atoms with E-state index in [1.165, 1.54) is 0 Å². The van der Waals surface area contributed by atoms with Crippen LogP contribution in [0.5, 0.6) is 0 Å². The fraction of sp³-hybridized carbons (Fsp3) is 0.357. The van der Waals surface area contributed by atoms with Gasteiger partial charge in [0, 0.05) is 13.0 Å². The third-order valence-corrected chi connectivity index (χ3v) is 3.70. The van der Waals surface area contributed by atoms with E-state index in [2.05, 4.69) is 11.9 Å². The number of nitrogens with zero attached hydrogens (tertiary/aromatic N) is 2. The number of aryl methyl sites for hydroxylation is 1. The van der Waals surface area contributed by atoms with Gasteiger partial charge in [0.1, 0.15) is 0 Å². The van der Waals surface area contributed by atoms with Crippen LogP contribution < -0.4 is 0 Å². The topological polar surface area (TPSA) is 38.0 Å². The molecular weight excluding hydrogens is 283 g/mol. The second-order valence-electron chi connectivity index (χ2n) is 4.48. The van der Waals surface area contributed by atoms with E-state index in [-0.39, 0.29) is 0 Å². The van der Waals surface area contributed by atoms with Gasteiger partial charge in [-0.25, -0.2) is 4.98 Å². The maximum atomic E-state index is 10.3. The Bertz CT molecular complexity index is 554. The van der Waals surface area contributed by atoms with Crippen molar-refractivity contribution >= 4 is 23.2 Å². The number of halogens is 2. The first kappa shape index (κ1) is 14.4. The molecule has 0 aliphatic rings. The van der Waals surface area contributed by atoms with Crippen LogP contribution in [0.15, 0.2) is 30.7 Å². The highest BCUT2D eigenvalue weighted by Crippen LogP contribution is 2.25. The van der Waals surface area contributed by atoms with Crippen molar-refractivity contribution in [1.29, 1.82) is 0 Å². The van der Waals surface area contributed by atoms with E-state index < -0.39 is 6.10 Å². The number of aliphatic hydroxyl groups excluding tert-OH is 1. The largest absolute Gasteiger partial charge is 0.386 e. The lowest BCUT2D eigenvalue weighted by Gasteiger charge is -2.13. The molecule has 0 aliphatic heterocycles. The standard InChI is InChI=1S/C14H16Cl2N2O/c1-2-5-18-9-17-8-13(18)14(19)7-10-3-4-11(15)12(16)6-10/h3-4,6,8-9,14,19H,2,5,7H2,1H3. The van der Waals surface area contributed by atoms with Crippen LogP contribution in [0, 0.1) is 0 Å². The quantitative estimate of drug-likeness (QED) is 0.910. The van der Waals surface area contributed by atoms with E-state index in [9.17, 15) is 5.11 Å². The summed E-state index contributed by atoms with van der Waals surface area (Å²) in [4.78, 5) is 4.09. The lowest BCUT2D eigenvalue weighted by Crippen LogP contribution is -2.09. The molecule has 0 saturated heterocycles. The molecule has 5 heteroatoms. The molecule has 1 unspecified atom stereocenters. The summed E-state index contributed by atoms with van der Waals surface area (Å²) in [6, 6.07) is 5.40. The molecule has 1 aromatic heterocycles. The second kappa shape index (κ2) is 6.42. The van der Waals surface area contributed by atoms with E-state index in [0.717, 1.165) is 24.2 Å². The maximum absolute atomic E-state index is 10.3. The van der Waals surface area contributed by atoms with Crippen LogP contribution in [-0.2, 0) is 13.0 Å². The van der Waals surface area contributed by atoms with Gasteiger partial charge in [0.05, 0.1) is 34.4 Å². The summed E-state index contributed by atoms with van der Waals surface area (Å²) >= 11 is 11.8. The number of imidazole rings is 1. The zero-order chi connectivity index (χ0) is 13.8. The first-order chi connectivity index (χ1) is 9.11. The molecule has 0 spiro atoms. The third kappa shape index (κ3) is 3.50. The second-order valence-corrected chi connectivity index (χ2v) is 5.29. The van der Waals surface area contributed by atoms with Gasteiger partial charge >= 0.3 is 0 Å². The van der Waals surface area contributed by atoms with Gasteiger partial charge < -0.3 is 9.67 Å². The zero-order valence-corrected chi connectivity index (χ0v) is 12.2. The predicted molar refractivity (Wildman–Crippen MR) is 77.6 cm³/mol. The van der Waals surface area contributed by atoms with Gasteiger partial charge in [0.2, 0.25) is 0 Å². The van der Waals surface area contributed by atoms with Crippen molar-refractivity contribution in [3.63, 3.8) is 0 Å². The number of hydrogen-bond donors (Lipinski definition) is 1. The summed E-state index contributed by atoms with van der Waals surface area (Å²) in [6.07, 6.45) is 4.36. The molecule has 0 bridgehead atoms. The van der Waals surface area contributed by atoms with Gasteiger partial charge in [-0.05, 0) is 24.1 Å². The van der Waals surface area contributed by atoms with E-state index in [1.54, 1.807) is 24.7 Å². The minimum atomic E-state index is -0.591. The lowest BCUT2D eigenvalue weighted by molar-refractivity contribution is 0.168. The summed E-state index contributed by atoms with van der Waals surface area (Å²) in [5, 5.41) is 11.3. The summed E-state index contributed by atoms with van der Waals surface area (Å²) < 4.78 is 1.97. The number of benzene rings is 1. The third-order valence-electron chi connectivity index (χ3n) is 2.96. The molecule has 3 nitrogen and oxygen atoms in total.